The number of benzene rings is 2. The Morgan fingerprint density at radius 1 is 0.900 bits per heavy atom. The molecule has 0 radical (unpaired) electrons. The van der Waals surface area contributed by atoms with Gasteiger partial charge in [0.2, 0.25) is 0 Å². The summed E-state index contributed by atoms with van der Waals surface area (Å²) in [6.45, 7) is 4.61. The highest BCUT2D eigenvalue weighted by atomic mass is 14.3. The van der Waals surface area contributed by atoms with Gasteiger partial charge in [0.1, 0.15) is 0 Å². The third-order valence-electron chi connectivity index (χ3n) is 4.82. The molecule has 0 fully saturated rings. The highest BCUT2D eigenvalue weighted by Gasteiger charge is 2.23. The van der Waals surface area contributed by atoms with Crippen molar-refractivity contribution in [1.82, 2.24) is 0 Å². The Labute approximate surface area is 121 Å². The summed E-state index contributed by atoms with van der Waals surface area (Å²) in [4.78, 5) is 0. The van der Waals surface area contributed by atoms with Gasteiger partial charge in [-0.25, -0.2) is 0 Å². The quantitative estimate of drug-likeness (QED) is 0.622. The lowest BCUT2D eigenvalue weighted by molar-refractivity contribution is 0.710. The van der Waals surface area contributed by atoms with Crippen LogP contribution in [0.3, 0.4) is 0 Å². The van der Waals surface area contributed by atoms with Gasteiger partial charge < -0.3 is 0 Å². The topological polar surface area (TPSA) is 0 Å². The standard InChI is InChI=1S/C20H20/c1-13-11-14(2)20-16(12-13)8-9-18-17-6-4-3-5-15(17)7-10-19(18)20/h3-6,8-9,11,13H,7,10,12H2,1-2H3. The molecule has 0 nitrogen and oxygen atoms in total. The maximum atomic E-state index is 2.45. The monoisotopic (exact) mass is 260 g/mol. The number of fused-ring (bicyclic) bond motifs is 5. The summed E-state index contributed by atoms with van der Waals surface area (Å²) in [6.07, 6.45) is 6.02. The highest BCUT2D eigenvalue weighted by Crippen LogP contribution is 2.41. The maximum absolute atomic E-state index is 2.45. The molecule has 0 bridgehead atoms. The van der Waals surface area contributed by atoms with Gasteiger partial charge in [-0.3, -0.25) is 0 Å². The molecule has 0 heterocycles. The number of hydrogen-bond acceptors (Lipinski definition) is 0. The maximum Gasteiger partial charge on any atom is -0.0143 e. The fourth-order valence-corrected chi connectivity index (χ4v) is 4.05. The smallest absolute Gasteiger partial charge is 0.0143 e. The molecule has 4 rings (SSSR count). The van der Waals surface area contributed by atoms with Crippen LogP contribution in [0.5, 0.6) is 0 Å². The summed E-state index contributed by atoms with van der Waals surface area (Å²) in [7, 11) is 0. The van der Waals surface area contributed by atoms with Gasteiger partial charge in [0.05, 0.1) is 0 Å². The summed E-state index contributed by atoms with van der Waals surface area (Å²) in [6, 6.07) is 13.6. The predicted molar refractivity (Wildman–Crippen MR) is 85.8 cm³/mol. The number of aryl methyl sites for hydroxylation is 1. The second-order valence-corrected chi connectivity index (χ2v) is 6.31. The normalized spacial score (nSPS) is 19.7. The van der Waals surface area contributed by atoms with Crippen LogP contribution in [0.25, 0.3) is 16.7 Å². The molecule has 0 aliphatic heterocycles. The van der Waals surface area contributed by atoms with E-state index in [4.69, 9.17) is 0 Å². The largest absolute Gasteiger partial charge is 0.0778 e. The molecule has 0 saturated heterocycles. The molecule has 1 unspecified atom stereocenters. The van der Waals surface area contributed by atoms with Crippen molar-refractivity contribution < 1.29 is 0 Å². The molecule has 20 heavy (non-hydrogen) atoms. The Hall–Kier alpha value is -1.82. The van der Waals surface area contributed by atoms with Crippen LogP contribution in [0.4, 0.5) is 0 Å². The van der Waals surface area contributed by atoms with Crippen molar-refractivity contribution in [3.05, 3.63) is 64.7 Å². The van der Waals surface area contributed by atoms with Gasteiger partial charge in [0.25, 0.3) is 0 Å². The fraction of sp³-hybridized carbons (Fsp3) is 0.300. The summed E-state index contributed by atoms with van der Waals surface area (Å²) in [5.74, 6) is 0.677. The van der Waals surface area contributed by atoms with E-state index in [9.17, 15) is 0 Å². The van der Waals surface area contributed by atoms with Crippen molar-refractivity contribution in [2.75, 3.05) is 0 Å². The minimum atomic E-state index is 0.677. The minimum Gasteiger partial charge on any atom is -0.0778 e. The van der Waals surface area contributed by atoms with Gasteiger partial charge in [-0.15, -0.1) is 0 Å². The summed E-state index contributed by atoms with van der Waals surface area (Å²) < 4.78 is 0. The lowest BCUT2D eigenvalue weighted by atomic mass is 9.76. The molecule has 0 saturated carbocycles. The van der Waals surface area contributed by atoms with Crippen molar-refractivity contribution in [2.45, 2.75) is 33.1 Å². The van der Waals surface area contributed by atoms with Crippen LogP contribution < -0.4 is 0 Å². The Bertz CT molecular complexity index is 719. The van der Waals surface area contributed by atoms with Crippen molar-refractivity contribution in [3.8, 4) is 11.1 Å². The van der Waals surface area contributed by atoms with Crippen LogP contribution in [0.2, 0.25) is 0 Å². The van der Waals surface area contributed by atoms with E-state index in [-0.39, 0.29) is 0 Å². The molecule has 0 N–H and O–H groups in total. The van der Waals surface area contributed by atoms with Crippen LogP contribution in [0.15, 0.2) is 42.5 Å². The molecule has 100 valence electrons. The van der Waals surface area contributed by atoms with Crippen molar-refractivity contribution >= 4 is 5.57 Å². The molecule has 2 aromatic carbocycles. The molecule has 0 aromatic heterocycles. The molecule has 0 amide bonds. The zero-order chi connectivity index (χ0) is 13.7. The lowest BCUT2D eigenvalue weighted by Crippen LogP contribution is -2.13. The van der Waals surface area contributed by atoms with Crippen molar-refractivity contribution in [1.29, 1.82) is 0 Å². The summed E-state index contributed by atoms with van der Waals surface area (Å²) >= 11 is 0. The number of allylic oxidation sites excluding steroid dienone is 2. The van der Waals surface area contributed by atoms with Gasteiger partial charge in [0, 0.05) is 0 Å². The lowest BCUT2D eigenvalue weighted by Gasteiger charge is -2.28. The molecule has 2 aliphatic carbocycles. The van der Waals surface area contributed by atoms with E-state index < -0.39 is 0 Å². The van der Waals surface area contributed by atoms with Crippen molar-refractivity contribution in [3.63, 3.8) is 0 Å². The van der Waals surface area contributed by atoms with Gasteiger partial charge in [-0.05, 0) is 71.1 Å². The summed E-state index contributed by atoms with van der Waals surface area (Å²) in [5, 5.41) is 0. The Morgan fingerprint density at radius 3 is 2.65 bits per heavy atom. The molecular weight excluding hydrogens is 240 g/mol. The van der Waals surface area contributed by atoms with Crippen LogP contribution in [-0.2, 0) is 19.3 Å². The van der Waals surface area contributed by atoms with E-state index in [1.165, 1.54) is 41.5 Å². The van der Waals surface area contributed by atoms with E-state index in [1.54, 1.807) is 16.7 Å². The zero-order valence-corrected chi connectivity index (χ0v) is 12.2. The predicted octanol–water partition coefficient (Wildman–Crippen LogP) is 5.05. The molecular formula is C20H20. The van der Waals surface area contributed by atoms with Gasteiger partial charge in [0.15, 0.2) is 0 Å². The molecule has 1 atom stereocenters. The minimum absolute atomic E-state index is 0.677. The van der Waals surface area contributed by atoms with E-state index in [1.807, 2.05) is 0 Å². The van der Waals surface area contributed by atoms with E-state index in [2.05, 4.69) is 56.3 Å². The SMILES string of the molecule is CC1=CC(C)Cc2ccc3c(c21)CCc1ccccc1-3. The molecule has 0 spiro atoms. The van der Waals surface area contributed by atoms with Gasteiger partial charge in [-0.1, -0.05) is 49.4 Å². The first-order chi connectivity index (χ1) is 9.74. The Morgan fingerprint density at radius 2 is 1.75 bits per heavy atom. The van der Waals surface area contributed by atoms with E-state index in [0.29, 0.717) is 5.92 Å². The first-order valence-corrected chi connectivity index (χ1v) is 7.66. The molecule has 0 heteroatoms. The zero-order valence-electron chi connectivity index (χ0n) is 12.2. The van der Waals surface area contributed by atoms with E-state index >= 15 is 0 Å². The third kappa shape index (κ3) is 1.67. The first kappa shape index (κ1) is 12.0. The molecule has 2 aromatic rings. The van der Waals surface area contributed by atoms with Crippen LogP contribution in [-0.4, -0.2) is 0 Å². The summed E-state index contributed by atoms with van der Waals surface area (Å²) in [5.41, 5.74) is 10.6. The number of hydrogen-bond donors (Lipinski definition) is 0. The van der Waals surface area contributed by atoms with Crippen LogP contribution in [0, 0.1) is 5.92 Å². The average molecular weight is 260 g/mol. The van der Waals surface area contributed by atoms with Crippen molar-refractivity contribution in [2.24, 2.45) is 5.92 Å². The third-order valence-corrected chi connectivity index (χ3v) is 4.82. The fourth-order valence-electron chi connectivity index (χ4n) is 4.05. The van der Waals surface area contributed by atoms with E-state index in [0.717, 1.165) is 0 Å². The van der Waals surface area contributed by atoms with Gasteiger partial charge in [-0.2, -0.15) is 0 Å². The first-order valence-electron chi connectivity index (χ1n) is 7.66. The van der Waals surface area contributed by atoms with Crippen LogP contribution in [0.1, 0.15) is 36.1 Å². The highest BCUT2D eigenvalue weighted by molar-refractivity contribution is 5.82. The van der Waals surface area contributed by atoms with Crippen LogP contribution >= 0.6 is 0 Å². The average Bonchev–Trinajstić information content (AvgIpc) is 2.46. The second-order valence-electron chi connectivity index (χ2n) is 6.31. The molecule has 2 aliphatic rings. The Kier molecular flexibility index (Phi) is 2.60. The Balaban J connectivity index is 1.98. The second kappa shape index (κ2) is 4.34. The number of rotatable bonds is 0. The van der Waals surface area contributed by atoms with Gasteiger partial charge >= 0.3 is 0 Å².